The number of unbranched alkanes of at least 4 members (excludes halogenated alkanes) is 1. The van der Waals surface area contributed by atoms with Crippen LogP contribution in [0.25, 0.3) is 0 Å². The highest BCUT2D eigenvalue weighted by Gasteiger charge is 1.99. The van der Waals surface area contributed by atoms with Crippen LogP contribution in [-0.4, -0.2) is 6.17 Å². The molecule has 0 unspecified atom stereocenters. The molecule has 0 saturated carbocycles. The molecule has 1 heteroatoms. The van der Waals surface area contributed by atoms with E-state index >= 15 is 0 Å². The average Bonchev–Trinajstić information content (AvgIpc) is 1.83. The summed E-state index contributed by atoms with van der Waals surface area (Å²) in [4.78, 5) is 0. The molecule has 0 saturated heterocycles. The normalized spacial score (nSPS) is 13.9. The summed E-state index contributed by atoms with van der Waals surface area (Å²) < 4.78 is 12.3. The van der Waals surface area contributed by atoms with Crippen molar-refractivity contribution in [2.75, 3.05) is 0 Å². The van der Waals surface area contributed by atoms with E-state index in [1.165, 1.54) is 0 Å². The quantitative estimate of drug-likeness (QED) is 0.532. The number of rotatable bonds is 4. The summed E-state index contributed by atoms with van der Waals surface area (Å²) in [5.74, 6) is 0. The molecule has 0 aliphatic rings. The predicted octanol–water partition coefficient (Wildman–Crippen LogP) is 2.92. The van der Waals surface area contributed by atoms with Gasteiger partial charge in [-0.1, -0.05) is 26.7 Å². The van der Waals surface area contributed by atoms with E-state index in [1.54, 1.807) is 0 Å². The van der Waals surface area contributed by atoms with Gasteiger partial charge in [-0.3, -0.25) is 0 Å². The highest BCUT2D eigenvalue weighted by molar-refractivity contribution is 4.50. The third-order valence-corrected chi connectivity index (χ3v) is 1.31. The summed E-state index contributed by atoms with van der Waals surface area (Å²) in [5, 5.41) is 0. The molecule has 50 valence electrons. The van der Waals surface area contributed by atoms with E-state index in [9.17, 15) is 4.39 Å². The van der Waals surface area contributed by atoms with Gasteiger partial charge in [0.1, 0.15) is 0 Å². The van der Waals surface area contributed by atoms with Gasteiger partial charge < -0.3 is 0 Å². The first-order valence-electron chi connectivity index (χ1n) is 3.45. The SMILES string of the molecule is CCCC[C@H](F)CC. The molecule has 0 fully saturated rings. The van der Waals surface area contributed by atoms with Crippen LogP contribution in [-0.2, 0) is 0 Å². The van der Waals surface area contributed by atoms with Crippen molar-refractivity contribution in [3.05, 3.63) is 0 Å². The van der Waals surface area contributed by atoms with Crippen molar-refractivity contribution >= 4 is 0 Å². The third-order valence-electron chi connectivity index (χ3n) is 1.31. The molecule has 0 N–H and O–H groups in total. The summed E-state index contributed by atoms with van der Waals surface area (Å²) in [6.45, 7) is 3.97. The molecule has 0 heterocycles. The molecule has 0 aliphatic heterocycles. The summed E-state index contributed by atoms with van der Waals surface area (Å²) in [5.41, 5.74) is 0. The minimum absolute atomic E-state index is 0.546. The molecule has 0 aliphatic carbocycles. The molecule has 0 amide bonds. The largest absolute Gasteiger partial charge is 0.248 e. The van der Waals surface area contributed by atoms with E-state index in [4.69, 9.17) is 0 Å². The van der Waals surface area contributed by atoms with Crippen LogP contribution >= 0.6 is 0 Å². The number of hydrogen-bond acceptors (Lipinski definition) is 0. The fraction of sp³-hybridized carbons (Fsp3) is 1.00. The lowest BCUT2D eigenvalue weighted by Gasteiger charge is -2.00. The maximum absolute atomic E-state index is 12.3. The Hall–Kier alpha value is -0.0700. The van der Waals surface area contributed by atoms with Crippen molar-refractivity contribution in [3.63, 3.8) is 0 Å². The number of hydrogen-bond donors (Lipinski definition) is 0. The van der Waals surface area contributed by atoms with Gasteiger partial charge in [0, 0.05) is 0 Å². The second-order valence-electron chi connectivity index (χ2n) is 2.15. The predicted molar refractivity (Wildman–Crippen MR) is 34.7 cm³/mol. The van der Waals surface area contributed by atoms with Crippen molar-refractivity contribution in [3.8, 4) is 0 Å². The maximum Gasteiger partial charge on any atom is 0.0999 e. The van der Waals surface area contributed by atoms with E-state index in [0.29, 0.717) is 6.42 Å². The summed E-state index contributed by atoms with van der Waals surface area (Å²) in [6, 6.07) is 0. The Kier molecular flexibility index (Phi) is 5.03. The summed E-state index contributed by atoms with van der Waals surface area (Å²) in [7, 11) is 0. The van der Waals surface area contributed by atoms with Crippen LogP contribution in [0.1, 0.15) is 39.5 Å². The molecule has 0 nitrogen and oxygen atoms in total. The first-order chi connectivity index (χ1) is 3.81. The highest BCUT2D eigenvalue weighted by Crippen LogP contribution is 2.06. The lowest BCUT2D eigenvalue weighted by Crippen LogP contribution is -1.95. The number of alkyl halides is 1. The Balaban J connectivity index is 2.86. The van der Waals surface area contributed by atoms with Gasteiger partial charge in [0.15, 0.2) is 0 Å². The average molecular weight is 118 g/mol. The zero-order chi connectivity index (χ0) is 6.41. The Morgan fingerprint density at radius 1 is 1.38 bits per heavy atom. The summed E-state index contributed by atoms with van der Waals surface area (Å²) in [6.07, 6.45) is 3.04. The third kappa shape index (κ3) is 4.10. The highest BCUT2D eigenvalue weighted by atomic mass is 19.1. The van der Waals surface area contributed by atoms with Gasteiger partial charge in [0.05, 0.1) is 6.17 Å². The van der Waals surface area contributed by atoms with E-state index in [0.717, 1.165) is 19.3 Å². The second kappa shape index (κ2) is 5.07. The minimum atomic E-state index is -0.546. The topological polar surface area (TPSA) is 0 Å². The van der Waals surface area contributed by atoms with Crippen LogP contribution in [0.5, 0.6) is 0 Å². The monoisotopic (exact) mass is 118 g/mol. The molecule has 1 atom stereocenters. The lowest BCUT2D eigenvalue weighted by molar-refractivity contribution is 0.299. The van der Waals surface area contributed by atoms with Crippen molar-refractivity contribution in [2.24, 2.45) is 0 Å². The molecule has 0 rings (SSSR count). The molecular weight excluding hydrogens is 103 g/mol. The minimum Gasteiger partial charge on any atom is -0.248 e. The fourth-order valence-corrected chi connectivity index (χ4v) is 0.630. The number of halogens is 1. The van der Waals surface area contributed by atoms with Gasteiger partial charge in [0.2, 0.25) is 0 Å². The Morgan fingerprint density at radius 3 is 2.38 bits per heavy atom. The molecule has 0 aromatic carbocycles. The van der Waals surface area contributed by atoms with Crippen molar-refractivity contribution in [1.29, 1.82) is 0 Å². The van der Waals surface area contributed by atoms with E-state index in [2.05, 4.69) is 6.92 Å². The molecule has 0 radical (unpaired) electrons. The van der Waals surface area contributed by atoms with Crippen LogP contribution in [0.2, 0.25) is 0 Å². The standard InChI is InChI=1S/C7H15F/c1-3-5-6-7(8)4-2/h7H,3-6H2,1-2H3/t7-/m1/s1. The van der Waals surface area contributed by atoms with Crippen LogP contribution < -0.4 is 0 Å². The Bertz CT molecular complexity index is 43.7. The molecular formula is C7H15F. The van der Waals surface area contributed by atoms with Gasteiger partial charge in [-0.15, -0.1) is 0 Å². The zero-order valence-corrected chi connectivity index (χ0v) is 5.78. The van der Waals surface area contributed by atoms with E-state index in [1.807, 2.05) is 6.92 Å². The van der Waals surface area contributed by atoms with Crippen LogP contribution in [0.3, 0.4) is 0 Å². The van der Waals surface area contributed by atoms with E-state index in [-0.39, 0.29) is 0 Å². The first-order valence-corrected chi connectivity index (χ1v) is 3.45. The van der Waals surface area contributed by atoms with Gasteiger partial charge >= 0.3 is 0 Å². The summed E-state index contributed by atoms with van der Waals surface area (Å²) >= 11 is 0. The van der Waals surface area contributed by atoms with E-state index < -0.39 is 6.17 Å². The van der Waals surface area contributed by atoms with Crippen molar-refractivity contribution in [2.45, 2.75) is 45.7 Å². The van der Waals surface area contributed by atoms with Crippen molar-refractivity contribution < 1.29 is 4.39 Å². The zero-order valence-electron chi connectivity index (χ0n) is 5.78. The maximum atomic E-state index is 12.3. The molecule has 0 aromatic rings. The van der Waals surface area contributed by atoms with Crippen molar-refractivity contribution in [1.82, 2.24) is 0 Å². The molecule has 0 bridgehead atoms. The van der Waals surface area contributed by atoms with Gasteiger partial charge in [-0.25, -0.2) is 4.39 Å². The van der Waals surface area contributed by atoms with Gasteiger partial charge in [0.25, 0.3) is 0 Å². The first kappa shape index (κ1) is 7.93. The second-order valence-corrected chi connectivity index (χ2v) is 2.15. The Morgan fingerprint density at radius 2 is 2.00 bits per heavy atom. The Labute approximate surface area is 51.1 Å². The lowest BCUT2D eigenvalue weighted by atomic mass is 10.1. The van der Waals surface area contributed by atoms with Crippen LogP contribution in [0, 0.1) is 0 Å². The smallest absolute Gasteiger partial charge is 0.0999 e. The van der Waals surface area contributed by atoms with Gasteiger partial charge in [-0.05, 0) is 12.8 Å². The fourth-order valence-electron chi connectivity index (χ4n) is 0.630. The molecule has 8 heavy (non-hydrogen) atoms. The molecule has 0 spiro atoms. The molecule has 0 aromatic heterocycles. The van der Waals surface area contributed by atoms with Gasteiger partial charge in [-0.2, -0.15) is 0 Å². The van der Waals surface area contributed by atoms with Crippen LogP contribution in [0.15, 0.2) is 0 Å². The van der Waals surface area contributed by atoms with Crippen LogP contribution in [0.4, 0.5) is 4.39 Å².